The SMILES string of the molecule is CC(C)[N+]1(C)CC(CO)OCC1C. The van der Waals surface area contributed by atoms with Crippen molar-refractivity contribution in [2.75, 3.05) is 26.8 Å². The number of aliphatic hydroxyl groups excluding tert-OH is 1. The van der Waals surface area contributed by atoms with Crippen LogP contribution in [0.5, 0.6) is 0 Å². The highest BCUT2D eigenvalue weighted by molar-refractivity contribution is 4.67. The molecule has 1 rings (SSSR count). The summed E-state index contributed by atoms with van der Waals surface area (Å²) < 4.78 is 6.52. The van der Waals surface area contributed by atoms with Gasteiger partial charge in [-0.2, -0.15) is 0 Å². The minimum Gasteiger partial charge on any atom is -0.393 e. The first kappa shape index (κ1) is 11.0. The molecule has 0 saturated carbocycles. The van der Waals surface area contributed by atoms with Crippen LogP contribution in [0.2, 0.25) is 0 Å². The lowest BCUT2D eigenvalue weighted by atomic mass is 10.1. The monoisotopic (exact) mass is 188 g/mol. The van der Waals surface area contributed by atoms with Gasteiger partial charge >= 0.3 is 0 Å². The fraction of sp³-hybridized carbons (Fsp3) is 1.00. The molecule has 3 unspecified atom stereocenters. The normalized spacial score (nSPS) is 41.1. The van der Waals surface area contributed by atoms with Crippen molar-refractivity contribution < 1.29 is 14.3 Å². The van der Waals surface area contributed by atoms with Crippen LogP contribution in [0.15, 0.2) is 0 Å². The van der Waals surface area contributed by atoms with Crippen molar-refractivity contribution in [3.05, 3.63) is 0 Å². The van der Waals surface area contributed by atoms with Gasteiger partial charge in [0, 0.05) is 0 Å². The summed E-state index contributed by atoms with van der Waals surface area (Å²) in [6, 6.07) is 1.12. The zero-order valence-corrected chi connectivity index (χ0v) is 9.16. The average molecular weight is 188 g/mol. The van der Waals surface area contributed by atoms with Crippen LogP contribution in [0, 0.1) is 0 Å². The van der Waals surface area contributed by atoms with Crippen molar-refractivity contribution in [2.45, 2.75) is 39.0 Å². The van der Waals surface area contributed by atoms with E-state index in [0.717, 1.165) is 17.6 Å². The van der Waals surface area contributed by atoms with Crippen molar-refractivity contribution in [2.24, 2.45) is 0 Å². The minimum atomic E-state index is 0.0311. The lowest BCUT2D eigenvalue weighted by Crippen LogP contribution is -2.64. The number of likely N-dealkylation sites (N-methyl/N-ethyl adjacent to an activating group) is 1. The van der Waals surface area contributed by atoms with E-state index in [9.17, 15) is 0 Å². The standard InChI is InChI=1S/C10H22NO2/c1-8(2)11(4)5-10(6-12)13-7-9(11)3/h8-10,12H,5-7H2,1-4H3/q+1. The van der Waals surface area contributed by atoms with E-state index in [-0.39, 0.29) is 12.7 Å². The maximum atomic E-state index is 9.06. The van der Waals surface area contributed by atoms with Crippen LogP contribution < -0.4 is 0 Å². The molecule has 1 heterocycles. The molecule has 13 heavy (non-hydrogen) atoms. The first-order valence-electron chi connectivity index (χ1n) is 5.08. The van der Waals surface area contributed by atoms with E-state index in [1.54, 1.807) is 0 Å². The van der Waals surface area contributed by atoms with Gasteiger partial charge in [-0.25, -0.2) is 0 Å². The van der Waals surface area contributed by atoms with Crippen molar-refractivity contribution >= 4 is 0 Å². The van der Waals surface area contributed by atoms with E-state index >= 15 is 0 Å². The van der Waals surface area contributed by atoms with Crippen molar-refractivity contribution in [3.63, 3.8) is 0 Å². The van der Waals surface area contributed by atoms with Gasteiger partial charge < -0.3 is 14.3 Å². The second kappa shape index (κ2) is 3.95. The maximum absolute atomic E-state index is 9.06. The Bertz CT molecular complexity index is 172. The average Bonchev–Trinajstić information content (AvgIpc) is 2.09. The lowest BCUT2D eigenvalue weighted by Gasteiger charge is -2.48. The summed E-state index contributed by atoms with van der Waals surface area (Å²) in [6.45, 7) is 8.52. The summed E-state index contributed by atoms with van der Waals surface area (Å²) in [6.07, 6.45) is 0.0311. The third-order valence-corrected chi connectivity index (χ3v) is 3.56. The molecule has 3 atom stereocenters. The highest BCUT2D eigenvalue weighted by Gasteiger charge is 2.39. The summed E-state index contributed by atoms with van der Waals surface area (Å²) in [5, 5.41) is 9.06. The second-order valence-electron chi connectivity index (χ2n) is 4.61. The topological polar surface area (TPSA) is 29.5 Å². The summed E-state index contributed by atoms with van der Waals surface area (Å²) in [7, 11) is 2.25. The maximum Gasteiger partial charge on any atom is 0.130 e. The number of nitrogens with zero attached hydrogens (tertiary/aromatic N) is 1. The van der Waals surface area contributed by atoms with Crippen molar-refractivity contribution in [3.8, 4) is 0 Å². The Morgan fingerprint density at radius 2 is 2.15 bits per heavy atom. The molecule has 78 valence electrons. The van der Waals surface area contributed by atoms with E-state index in [0.29, 0.717) is 12.1 Å². The van der Waals surface area contributed by atoms with Crippen LogP contribution in [-0.2, 0) is 4.74 Å². The molecule has 1 fully saturated rings. The van der Waals surface area contributed by atoms with Crippen molar-refractivity contribution in [1.82, 2.24) is 0 Å². The van der Waals surface area contributed by atoms with E-state index in [4.69, 9.17) is 9.84 Å². The van der Waals surface area contributed by atoms with Crippen LogP contribution in [-0.4, -0.2) is 54.6 Å². The van der Waals surface area contributed by atoms with Crippen LogP contribution >= 0.6 is 0 Å². The first-order valence-corrected chi connectivity index (χ1v) is 5.08. The number of morpholine rings is 1. The van der Waals surface area contributed by atoms with E-state index in [1.165, 1.54) is 0 Å². The lowest BCUT2D eigenvalue weighted by molar-refractivity contribution is -0.961. The quantitative estimate of drug-likeness (QED) is 0.644. The molecule has 0 aromatic heterocycles. The highest BCUT2D eigenvalue weighted by Crippen LogP contribution is 2.22. The van der Waals surface area contributed by atoms with Crippen LogP contribution in [0.3, 0.4) is 0 Å². The van der Waals surface area contributed by atoms with E-state index in [2.05, 4.69) is 27.8 Å². The third kappa shape index (κ3) is 2.03. The fourth-order valence-corrected chi connectivity index (χ4v) is 1.95. The molecule has 0 radical (unpaired) electrons. The zero-order valence-electron chi connectivity index (χ0n) is 9.16. The molecule has 1 aliphatic rings. The van der Waals surface area contributed by atoms with Gasteiger partial charge in [-0.05, 0) is 20.8 Å². The smallest absolute Gasteiger partial charge is 0.130 e. The number of ether oxygens (including phenoxy) is 1. The molecule has 0 amide bonds. The Balaban J connectivity index is 2.69. The van der Waals surface area contributed by atoms with Gasteiger partial charge in [0.1, 0.15) is 18.7 Å². The number of quaternary nitrogens is 1. The third-order valence-electron chi connectivity index (χ3n) is 3.56. The van der Waals surface area contributed by atoms with Gasteiger partial charge in [-0.15, -0.1) is 0 Å². The molecule has 1 aliphatic heterocycles. The summed E-state index contributed by atoms with van der Waals surface area (Å²) >= 11 is 0. The minimum absolute atomic E-state index is 0.0311. The predicted molar refractivity (Wildman–Crippen MR) is 52.5 cm³/mol. The Morgan fingerprint density at radius 1 is 1.54 bits per heavy atom. The Labute approximate surface area is 80.9 Å². The molecule has 3 heteroatoms. The van der Waals surface area contributed by atoms with Crippen LogP contribution in [0.25, 0.3) is 0 Å². The molecule has 1 saturated heterocycles. The predicted octanol–water partition coefficient (Wildman–Crippen LogP) is 0.621. The Morgan fingerprint density at radius 3 is 2.62 bits per heavy atom. The summed E-state index contributed by atoms with van der Waals surface area (Å²) in [4.78, 5) is 0. The fourth-order valence-electron chi connectivity index (χ4n) is 1.95. The number of aliphatic hydroxyl groups is 1. The number of hydrogen-bond acceptors (Lipinski definition) is 2. The Hall–Kier alpha value is -0.120. The molecule has 0 aliphatic carbocycles. The number of rotatable bonds is 2. The van der Waals surface area contributed by atoms with E-state index < -0.39 is 0 Å². The molecule has 0 aromatic rings. The van der Waals surface area contributed by atoms with Crippen molar-refractivity contribution in [1.29, 1.82) is 0 Å². The largest absolute Gasteiger partial charge is 0.393 e. The van der Waals surface area contributed by atoms with Gasteiger partial charge in [0.2, 0.25) is 0 Å². The van der Waals surface area contributed by atoms with Crippen LogP contribution in [0.1, 0.15) is 20.8 Å². The molecular weight excluding hydrogens is 166 g/mol. The second-order valence-corrected chi connectivity index (χ2v) is 4.61. The number of hydrogen-bond donors (Lipinski definition) is 1. The van der Waals surface area contributed by atoms with Gasteiger partial charge in [0.05, 0.1) is 26.3 Å². The van der Waals surface area contributed by atoms with Gasteiger partial charge in [0.15, 0.2) is 0 Å². The molecule has 0 bridgehead atoms. The first-order chi connectivity index (χ1) is 6.00. The van der Waals surface area contributed by atoms with Crippen LogP contribution in [0.4, 0.5) is 0 Å². The van der Waals surface area contributed by atoms with Gasteiger partial charge in [-0.1, -0.05) is 0 Å². The summed E-state index contributed by atoms with van der Waals surface area (Å²) in [5.41, 5.74) is 0. The van der Waals surface area contributed by atoms with Gasteiger partial charge in [0.25, 0.3) is 0 Å². The highest BCUT2D eigenvalue weighted by atomic mass is 16.5. The zero-order chi connectivity index (χ0) is 10.1. The summed E-state index contributed by atoms with van der Waals surface area (Å²) in [5.74, 6) is 0. The molecule has 3 nitrogen and oxygen atoms in total. The van der Waals surface area contributed by atoms with Gasteiger partial charge in [-0.3, -0.25) is 0 Å². The molecular formula is C10H22NO2+. The molecule has 1 N–H and O–H groups in total. The van der Waals surface area contributed by atoms with E-state index in [1.807, 2.05) is 0 Å². The Kier molecular flexibility index (Phi) is 3.33. The molecule has 0 aromatic carbocycles. The molecule has 0 spiro atoms.